The number of amides is 1. The predicted octanol–water partition coefficient (Wildman–Crippen LogP) is 2.58. The molecule has 1 atom stereocenters. The fourth-order valence-electron chi connectivity index (χ4n) is 1.08. The molecule has 0 unspecified atom stereocenters. The third-order valence-electron chi connectivity index (χ3n) is 2.00. The number of benzene rings is 1. The van der Waals surface area contributed by atoms with Gasteiger partial charge in [-0.05, 0) is 0 Å². The van der Waals surface area contributed by atoms with Crippen LogP contribution in [0.4, 0.5) is 8.78 Å². The molecule has 1 amide bonds. The lowest BCUT2D eigenvalue weighted by molar-refractivity contribution is -0.150. The van der Waals surface area contributed by atoms with Gasteiger partial charge in [-0.25, -0.2) is 0 Å². The molecule has 0 saturated heterocycles. The summed E-state index contributed by atoms with van der Waals surface area (Å²) in [7, 11) is 0. The molecule has 18 heavy (non-hydrogen) atoms. The SMILES string of the molecule is O=C(N[C@@H](O)C(Cl)(Cl)Cl)C(F)(F)c1ccccc1. The highest BCUT2D eigenvalue weighted by atomic mass is 35.6. The summed E-state index contributed by atoms with van der Waals surface area (Å²) in [5.41, 5.74) is -0.529. The van der Waals surface area contributed by atoms with Crippen LogP contribution in [0, 0.1) is 0 Å². The van der Waals surface area contributed by atoms with Gasteiger partial charge in [0.15, 0.2) is 6.23 Å². The molecule has 0 aliphatic carbocycles. The van der Waals surface area contributed by atoms with Crippen molar-refractivity contribution in [2.24, 2.45) is 0 Å². The summed E-state index contributed by atoms with van der Waals surface area (Å²) in [4.78, 5) is 11.3. The molecule has 0 spiro atoms. The van der Waals surface area contributed by atoms with Gasteiger partial charge in [-0.1, -0.05) is 65.1 Å². The Balaban J connectivity index is 2.84. The van der Waals surface area contributed by atoms with Crippen LogP contribution in [0.3, 0.4) is 0 Å². The van der Waals surface area contributed by atoms with Gasteiger partial charge in [0.1, 0.15) is 0 Å². The summed E-state index contributed by atoms with van der Waals surface area (Å²) < 4.78 is 25.0. The number of halogens is 5. The molecule has 0 aliphatic rings. The highest BCUT2D eigenvalue weighted by Gasteiger charge is 2.44. The summed E-state index contributed by atoms with van der Waals surface area (Å²) in [5, 5.41) is 10.7. The maximum Gasteiger partial charge on any atom is 0.349 e. The van der Waals surface area contributed by atoms with Crippen LogP contribution >= 0.6 is 34.8 Å². The first-order chi connectivity index (χ1) is 8.15. The molecule has 3 nitrogen and oxygen atoms in total. The zero-order valence-electron chi connectivity index (χ0n) is 8.71. The van der Waals surface area contributed by atoms with Crippen molar-refractivity contribution in [3.05, 3.63) is 35.9 Å². The number of carbonyl (C=O) groups is 1. The Labute approximate surface area is 117 Å². The highest BCUT2D eigenvalue weighted by Crippen LogP contribution is 2.31. The van der Waals surface area contributed by atoms with E-state index in [9.17, 15) is 18.7 Å². The van der Waals surface area contributed by atoms with Gasteiger partial charge in [0.25, 0.3) is 5.91 Å². The normalized spacial score (nSPS) is 14.1. The Hall–Kier alpha value is -0.620. The minimum absolute atomic E-state index is 0.529. The van der Waals surface area contributed by atoms with Crippen molar-refractivity contribution in [1.82, 2.24) is 5.32 Å². The van der Waals surface area contributed by atoms with Crippen molar-refractivity contribution in [2.75, 3.05) is 0 Å². The van der Waals surface area contributed by atoms with E-state index in [0.717, 1.165) is 12.1 Å². The molecule has 2 N–H and O–H groups in total. The molecular formula is C10H8Cl3F2NO2. The van der Waals surface area contributed by atoms with Gasteiger partial charge in [0.2, 0.25) is 3.79 Å². The molecule has 0 radical (unpaired) electrons. The lowest BCUT2D eigenvalue weighted by atomic mass is 10.1. The summed E-state index contributed by atoms with van der Waals surface area (Å²) in [6, 6.07) is 6.36. The van der Waals surface area contributed by atoms with Crippen molar-refractivity contribution in [3.63, 3.8) is 0 Å². The fourth-order valence-corrected chi connectivity index (χ4v) is 1.24. The van der Waals surface area contributed by atoms with Crippen LogP contribution in [-0.4, -0.2) is 21.0 Å². The first kappa shape index (κ1) is 15.4. The van der Waals surface area contributed by atoms with Crippen LogP contribution in [-0.2, 0) is 10.7 Å². The monoisotopic (exact) mass is 317 g/mol. The smallest absolute Gasteiger partial charge is 0.349 e. The van der Waals surface area contributed by atoms with Crippen molar-refractivity contribution in [2.45, 2.75) is 15.9 Å². The zero-order valence-corrected chi connectivity index (χ0v) is 11.0. The average Bonchev–Trinajstić information content (AvgIpc) is 2.28. The molecule has 0 aromatic heterocycles. The van der Waals surface area contributed by atoms with Crippen LogP contribution in [0.15, 0.2) is 30.3 Å². The maximum absolute atomic E-state index is 13.6. The molecule has 1 rings (SSSR count). The molecule has 0 aliphatic heterocycles. The molecule has 0 heterocycles. The van der Waals surface area contributed by atoms with Crippen molar-refractivity contribution < 1.29 is 18.7 Å². The lowest BCUT2D eigenvalue weighted by Crippen LogP contribution is -2.49. The molecule has 1 aromatic rings. The number of rotatable bonds is 3. The van der Waals surface area contributed by atoms with Crippen LogP contribution in [0.5, 0.6) is 0 Å². The third kappa shape index (κ3) is 3.68. The highest BCUT2D eigenvalue weighted by molar-refractivity contribution is 6.68. The van der Waals surface area contributed by atoms with Gasteiger partial charge in [-0.15, -0.1) is 0 Å². The predicted molar refractivity (Wildman–Crippen MR) is 64.8 cm³/mol. The van der Waals surface area contributed by atoms with Gasteiger partial charge in [-0.2, -0.15) is 8.78 Å². The van der Waals surface area contributed by atoms with Crippen molar-refractivity contribution in [3.8, 4) is 0 Å². The van der Waals surface area contributed by atoms with E-state index in [1.54, 1.807) is 0 Å². The molecule has 0 saturated carbocycles. The summed E-state index contributed by atoms with van der Waals surface area (Å²) in [6.45, 7) is 0. The Bertz CT molecular complexity index is 423. The van der Waals surface area contributed by atoms with Gasteiger partial charge < -0.3 is 10.4 Å². The van der Waals surface area contributed by atoms with Crippen LogP contribution in [0.1, 0.15) is 5.56 Å². The summed E-state index contributed by atoms with van der Waals surface area (Å²) in [6.07, 6.45) is -2.04. The first-order valence-electron chi connectivity index (χ1n) is 4.65. The van der Waals surface area contributed by atoms with E-state index in [-0.39, 0.29) is 0 Å². The number of hydrogen-bond acceptors (Lipinski definition) is 2. The average molecular weight is 319 g/mol. The minimum atomic E-state index is -3.84. The van der Waals surface area contributed by atoms with Crippen molar-refractivity contribution >= 4 is 40.7 Å². The third-order valence-corrected chi connectivity index (χ3v) is 2.62. The summed E-state index contributed by atoms with van der Waals surface area (Å²) >= 11 is 15.7. The van der Waals surface area contributed by atoms with E-state index in [1.165, 1.54) is 23.5 Å². The number of nitrogens with one attached hydrogen (secondary N) is 1. The van der Waals surface area contributed by atoms with E-state index < -0.39 is 27.4 Å². The Morgan fingerprint density at radius 3 is 2.17 bits per heavy atom. The molecule has 100 valence electrons. The largest absolute Gasteiger partial charge is 0.369 e. The molecule has 8 heteroatoms. The Morgan fingerprint density at radius 1 is 1.22 bits per heavy atom. The topological polar surface area (TPSA) is 49.3 Å². The van der Waals surface area contributed by atoms with Crippen molar-refractivity contribution in [1.29, 1.82) is 0 Å². The number of aliphatic hydroxyl groups is 1. The van der Waals surface area contributed by atoms with Crippen LogP contribution in [0.25, 0.3) is 0 Å². The second-order valence-corrected chi connectivity index (χ2v) is 5.73. The Morgan fingerprint density at radius 2 is 1.72 bits per heavy atom. The van der Waals surface area contributed by atoms with E-state index in [4.69, 9.17) is 34.8 Å². The second-order valence-electron chi connectivity index (χ2n) is 3.36. The van der Waals surface area contributed by atoms with E-state index in [0.29, 0.717) is 0 Å². The standard InChI is InChI=1S/C10H8Cl3F2NO2/c11-10(12,13)8(18)16-7(17)9(14,15)6-4-2-1-3-5-6/h1-5,8,18H,(H,16,17)/t8-/m0/s1. The van der Waals surface area contributed by atoms with Gasteiger partial charge in [0.05, 0.1) is 0 Å². The molecule has 1 aromatic carbocycles. The molecule has 0 fully saturated rings. The Kier molecular flexibility index (Phi) is 4.78. The van der Waals surface area contributed by atoms with Crippen LogP contribution < -0.4 is 5.32 Å². The second kappa shape index (κ2) is 5.57. The van der Waals surface area contributed by atoms with Gasteiger partial charge in [-0.3, -0.25) is 4.79 Å². The zero-order chi connectivity index (χ0) is 14.0. The van der Waals surface area contributed by atoms with Gasteiger partial charge >= 0.3 is 5.92 Å². The maximum atomic E-state index is 13.6. The first-order valence-corrected chi connectivity index (χ1v) is 5.78. The molecule has 0 bridgehead atoms. The lowest BCUT2D eigenvalue weighted by Gasteiger charge is -2.23. The number of alkyl halides is 5. The minimum Gasteiger partial charge on any atom is -0.369 e. The fraction of sp³-hybridized carbons (Fsp3) is 0.300. The number of carbonyl (C=O) groups excluding carboxylic acids is 1. The quantitative estimate of drug-likeness (QED) is 0.665. The van der Waals surface area contributed by atoms with E-state index >= 15 is 0 Å². The van der Waals surface area contributed by atoms with Crippen LogP contribution in [0.2, 0.25) is 0 Å². The summed E-state index contributed by atoms with van der Waals surface area (Å²) in [5.74, 6) is -5.59. The van der Waals surface area contributed by atoms with E-state index in [1.807, 2.05) is 0 Å². The number of hydrogen-bond donors (Lipinski definition) is 2. The number of aliphatic hydroxyl groups excluding tert-OH is 1. The molecular weight excluding hydrogens is 310 g/mol. The van der Waals surface area contributed by atoms with Gasteiger partial charge in [0, 0.05) is 5.56 Å². The van der Waals surface area contributed by atoms with E-state index in [2.05, 4.69) is 0 Å².